The quantitative estimate of drug-likeness (QED) is 0.848. The molecule has 1 aliphatic rings. The van der Waals surface area contributed by atoms with Gasteiger partial charge in [-0.25, -0.2) is 0 Å². The van der Waals surface area contributed by atoms with Crippen LogP contribution in [0.2, 0.25) is 0 Å². The van der Waals surface area contributed by atoms with E-state index in [0.717, 1.165) is 23.1 Å². The molecule has 1 heterocycles. The molecule has 0 atom stereocenters. The Morgan fingerprint density at radius 1 is 1.32 bits per heavy atom. The van der Waals surface area contributed by atoms with E-state index in [1.165, 1.54) is 4.90 Å². The zero-order chi connectivity index (χ0) is 13.3. The fourth-order valence-corrected chi connectivity index (χ4v) is 2.87. The van der Waals surface area contributed by atoms with Crippen LogP contribution in [0.25, 0.3) is 0 Å². The molecule has 1 aromatic carbocycles. The second-order valence-electron chi connectivity index (χ2n) is 4.74. The summed E-state index contributed by atoms with van der Waals surface area (Å²) in [4.78, 5) is 5.65. The summed E-state index contributed by atoms with van der Waals surface area (Å²) in [6.45, 7) is 0.592. The lowest BCUT2D eigenvalue weighted by Crippen LogP contribution is -2.20. The van der Waals surface area contributed by atoms with Crippen LogP contribution in [0, 0.1) is 0 Å². The predicted molar refractivity (Wildman–Crippen MR) is 78.0 cm³/mol. The third-order valence-corrected chi connectivity index (χ3v) is 4.88. The van der Waals surface area contributed by atoms with E-state index in [4.69, 9.17) is 10.3 Å². The van der Waals surface area contributed by atoms with Gasteiger partial charge in [-0.05, 0) is 37.1 Å². The number of hydrogen-bond donors (Lipinski definition) is 1. The standard InChI is InChI=1S/C13H14BrN3OS/c14-9-1-3-10(4-2-9)19-7-11-16-12(18-17-11)13(8-15)5-6-13/h1-4H,5-8,15H2. The van der Waals surface area contributed by atoms with Gasteiger partial charge in [-0.2, -0.15) is 4.98 Å². The molecule has 0 radical (unpaired) electrons. The summed E-state index contributed by atoms with van der Waals surface area (Å²) in [5.74, 6) is 2.16. The van der Waals surface area contributed by atoms with Crippen LogP contribution >= 0.6 is 27.7 Å². The first-order chi connectivity index (χ1) is 9.22. The Balaban J connectivity index is 1.63. The second-order valence-corrected chi connectivity index (χ2v) is 6.71. The molecule has 19 heavy (non-hydrogen) atoms. The molecule has 100 valence electrons. The topological polar surface area (TPSA) is 64.9 Å². The van der Waals surface area contributed by atoms with Crippen molar-refractivity contribution in [2.45, 2.75) is 28.9 Å². The molecule has 0 saturated heterocycles. The maximum Gasteiger partial charge on any atom is 0.234 e. The SMILES string of the molecule is NCC1(c2nc(CSc3ccc(Br)cc3)no2)CC1. The van der Waals surface area contributed by atoms with E-state index in [9.17, 15) is 0 Å². The van der Waals surface area contributed by atoms with Crippen molar-refractivity contribution >= 4 is 27.7 Å². The summed E-state index contributed by atoms with van der Waals surface area (Å²) in [6, 6.07) is 8.19. The normalized spacial score (nSPS) is 16.5. The lowest BCUT2D eigenvalue weighted by Gasteiger charge is -2.03. The summed E-state index contributed by atoms with van der Waals surface area (Å²) >= 11 is 5.12. The van der Waals surface area contributed by atoms with Crippen LogP contribution < -0.4 is 5.73 Å². The Labute approximate surface area is 124 Å². The van der Waals surface area contributed by atoms with Crippen molar-refractivity contribution in [1.82, 2.24) is 10.1 Å². The average Bonchev–Trinajstić information content (AvgIpc) is 3.10. The molecule has 3 rings (SSSR count). The maximum atomic E-state index is 5.75. The van der Waals surface area contributed by atoms with Gasteiger partial charge in [0.1, 0.15) is 0 Å². The van der Waals surface area contributed by atoms with Crippen molar-refractivity contribution in [3.63, 3.8) is 0 Å². The van der Waals surface area contributed by atoms with Crippen molar-refractivity contribution in [3.8, 4) is 0 Å². The highest BCUT2D eigenvalue weighted by Crippen LogP contribution is 2.46. The Morgan fingerprint density at radius 2 is 2.05 bits per heavy atom. The maximum absolute atomic E-state index is 5.75. The molecule has 2 N–H and O–H groups in total. The number of halogens is 1. The van der Waals surface area contributed by atoms with Gasteiger partial charge in [0.05, 0.1) is 11.2 Å². The first kappa shape index (κ1) is 13.1. The third kappa shape index (κ3) is 2.85. The molecule has 1 saturated carbocycles. The van der Waals surface area contributed by atoms with Crippen LogP contribution in [0.15, 0.2) is 38.2 Å². The largest absolute Gasteiger partial charge is 0.339 e. The molecule has 2 aromatic rings. The highest BCUT2D eigenvalue weighted by atomic mass is 79.9. The molecule has 1 fully saturated rings. The summed E-state index contributed by atoms with van der Waals surface area (Å²) in [5.41, 5.74) is 5.73. The first-order valence-electron chi connectivity index (χ1n) is 6.13. The molecule has 0 unspecified atom stereocenters. The highest BCUT2D eigenvalue weighted by Gasteiger charge is 2.48. The van der Waals surface area contributed by atoms with E-state index in [0.29, 0.717) is 18.2 Å². The van der Waals surface area contributed by atoms with Gasteiger partial charge in [-0.3, -0.25) is 0 Å². The summed E-state index contributed by atoms with van der Waals surface area (Å²) in [7, 11) is 0. The van der Waals surface area contributed by atoms with Gasteiger partial charge in [-0.1, -0.05) is 21.1 Å². The molecular formula is C13H14BrN3OS. The molecule has 6 heteroatoms. The van der Waals surface area contributed by atoms with E-state index in [1.807, 2.05) is 12.1 Å². The first-order valence-corrected chi connectivity index (χ1v) is 7.91. The minimum absolute atomic E-state index is 0.0203. The van der Waals surface area contributed by atoms with Gasteiger partial charge >= 0.3 is 0 Å². The molecule has 0 aliphatic heterocycles. The Hall–Kier alpha value is -0.850. The van der Waals surface area contributed by atoms with Crippen molar-refractivity contribution in [2.24, 2.45) is 5.73 Å². The van der Waals surface area contributed by atoms with Crippen molar-refractivity contribution < 1.29 is 4.52 Å². The van der Waals surface area contributed by atoms with E-state index in [-0.39, 0.29) is 5.41 Å². The smallest absolute Gasteiger partial charge is 0.234 e. The van der Waals surface area contributed by atoms with E-state index in [1.54, 1.807) is 11.8 Å². The number of aromatic nitrogens is 2. The zero-order valence-electron chi connectivity index (χ0n) is 10.3. The summed E-state index contributed by atoms with van der Waals surface area (Å²) in [5, 5.41) is 4.03. The van der Waals surface area contributed by atoms with E-state index < -0.39 is 0 Å². The molecule has 0 bridgehead atoms. The number of rotatable bonds is 5. The monoisotopic (exact) mass is 339 g/mol. The molecule has 4 nitrogen and oxygen atoms in total. The van der Waals surface area contributed by atoms with Gasteiger partial charge < -0.3 is 10.3 Å². The lowest BCUT2D eigenvalue weighted by molar-refractivity contribution is 0.344. The Bertz CT molecular complexity index is 566. The van der Waals surface area contributed by atoms with Crippen LogP contribution in [-0.2, 0) is 11.2 Å². The summed E-state index contributed by atoms with van der Waals surface area (Å²) in [6.07, 6.45) is 2.12. The highest BCUT2D eigenvalue weighted by molar-refractivity contribution is 9.10. The van der Waals surface area contributed by atoms with Crippen molar-refractivity contribution in [2.75, 3.05) is 6.54 Å². The minimum atomic E-state index is -0.0203. The lowest BCUT2D eigenvalue weighted by atomic mass is 10.1. The van der Waals surface area contributed by atoms with Crippen LogP contribution in [0.1, 0.15) is 24.6 Å². The molecule has 1 aromatic heterocycles. The average molecular weight is 340 g/mol. The van der Waals surface area contributed by atoms with Crippen LogP contribution in [0.4, 0.5) is 0 Å². The van der Waals surface area contributed by atoms with Crippen LogP contribution in [0.5, 0.6) is 0 Å². The van der Waals surface area contributed by atoms with Gasteiger partial charge in [0.15, 0.2) is 5.82 Å². The number of benzene rings is 1. The number of thioether (sulfide) groups is 1. The second kappa shape index (κ2) is 5.26. The van der Waals surface area contributed by atoms with E-state index in [2.05, 4.69) is 38.2 Å². The van der Waals surface area contributed by atoms with E-state index >= 15 is 0 Å². The Morgan fingerprint density at radius 3 is 2.68 bits per heavy atom. The van der Waals surface area contributed by atoms with Crippen molar-refractivity contribution in [1.29, 1.82) is 0 Å². The number of nitrogens with two attached hydrogens (primary N) is 1. The van der Waals surface area contributed by atoms with Gasteiger partial charge in [0.2, 0.25) is 5.89 Å². The Kier molecular flexibility index (Phi) is 3.64. The third-order valence-electron chi connectivity index (χ3n) is 3.35. The number of nitrogens with zero attached hydrogens (tertiary/aromatic N) is 2. The predicted octanol–water partition coefficient (Wildman–Crippen LogP) is 3.11. The van der Waals surface area contributed by atoms with Gasteiger partial charge in [0.25, 0.3) is 0 Å². The van der Waals surface area contributed by atoms with Crippen molar-refractivity contribution in [3.05, 3.63) is 40.5 Å². The number of hydrogen-bond acceptors (Lipinski definition) is 5. The van der Waals surface area contributed by atoms with Gasteiger partial charge in [-0.15, -0.1) is 11.8 Å². The minimum Gasteiger partial charge on any atom is -0.339 e. The van der Waals surface area contributed by atoms with Crippen LogP contribution in [-0.4, -0.2) is 16.7 Å². The zero-order valence-corrected chi connectivity index (χ0v) is 12.7. The fraction of sp³-hybridized carbons (Fsp3) is 0.385. The molecule has 0 amide bonds. The molecule has 1 aliphatic carbocycles. The van der Waals surface area contributed by atoms with Gasteiger partial charge in [0, 0.05) is 15.9 Å². The molecular weight excluding hydrogens is 326 g/mol. The fourth-order valence-electron chi connectivity index (χ4n) is 1.86. The van der Waals surface area contributed by atoms with Crippen LogP contribution in [0.3, 0.4) is 0 Å². The summed E-state index contributed by atoms with van der Waals surface area (Å²) < 4.78 is 6.41. The molecule has 0 spiro atoms.